The van der Waals surface area contributed by atoms with E-state index in [4.69, 9.17) is 4.42 Å². The third kappa shape index (κ3) is 2.02. The molecule has 0 bridgehead atoms. The van der Waals surface area contributed by atoms with Gasteiger partial charge in [-0.1, -0.05) is 0 Å². The Bertz CT molecular complexity index is 726. The molecule has 4 heteroatoms. The van der Waals surface area contributed by atoms with Gasteiger partial charge in [0.15, 0.2) is 0 Å². The first-order valence-corrected chi connectivity index (χ1v) is 5.83. The largest absolute Gasteiger partial charge is 0.508 e. The minimum atomic E-state index is -0.201. The predicted molar refractivity (Wildman–Crippen MR) is 70.9 cm³/mol. The fourth-order valence-corrected chi connectivity index (χ4v) is 2.09. The van der Waals surface area contributed by atoms with Gasteiger partial charge < -0.3 is 19.7 Å². The molecule has 0 saturated carbocycles. The van der Waals surface area contributed by atoms with Crippen molar-refractivity contribution in [2.24, 2.45) is 0 Å². The molecule has 0 saturated heterocycles. The molecular formula is C15H12O4. The van der Waals surface area contributed by atoms with Gasteiger partial charge in [-0.15, -0.1) is 0 Å². The lowest BCUT2D eigenvalue weighted by Crippen LogP contribution is -1.82. The molecule has 0 radical (unpaired) electrons. The number of aromatic hydroxyl groups is 2. The van der Waals surface area contributed by atoms with Crippen molar-refractivity contribution in [1.29, 1.82) is 0 Å². The molecule has 0 atom stereocenters. The maximum Gasteiger partial charge on any atom is 0.140 e. The average Bonchev–Trinajstić information content (AvgIpc) is 2.82. The molecule has 3 aromatic rings. The number of furan rings is 1. The van der Waals surface area contributed by atoms with Crippen LogP contribution in [0.25, 0.3) is 22.3 Å². The maximum atomic E-state index is 9.57. The molecule has 0 aliphatic heterocycles. The summed E-state index contributed by atoms with van der Waals surface area (Å²) in [4.78, 5) is 0. The van der Waals surface area contributed by atoms with E-state index in [1.54, 1.807) is 36.4 Å². The Morgan fingerprint density at radius 3 is 2.32 bits per heavy atom. The fourth-order valence-electron chi connectivity index (χ4n) is 2.09. The van der Waals surface area contributed by atoms with E-state index in [2.05, 4.69) is 0 Å². The number of phenols is 2. The Morgan fingerprint density at radius 2 is 1.63 bits per heavy atom. The van der Waals surface area contributed by atoms with Crippen LogP contribution in [0.3, 0.4) is 0 Å². The summed E-state index contributed by atoms with van der Waals surface area (Å²) in [5.41, 5.74) is 1.92. The second kappa shape index (κ2) is 4.33. The van der Waals surface area contributed by atoms with Crippen molar-refractivity contribution in [3.63, 3.8) is 0 Å². The van der Waals surface area contributed by atoms with Crippen molar-refractivity contribution in [1.82, 2.24) is 0 Å². The summed E-state index contributed by atoms with van der Waals surface area (Å²) in [6.07, 6.45) is 0. The van der Waals surface area contributed by atoms with E-state index in [1.807, 2.05) is 0 Å². The summed E-state index contributed by atoms with van der Waals surface area (Å²) < 4.78 is 5.72. The number of fused-ring (bicyclic) bond motifs is 1. The normalized spacial score (nSPS) is 11.0. The molecule has 3 N–H and O–H groups in total. The smallest absolute Gasteiger partial charge is 0.140 e. The standard InChI is InChI=1S/C15H12O4/c16-8-11-6-13(18)5-10-7-14(19-15(10)11)9-1-3-12(17)4-2-9/h1-7,16-18H,8H2. The van der Waals surface area contributed by atoms with E-state index in [0.717, 1.165) is 10.9 Å². The third-order valence-electron chi connectivity index (χ3n) is 3.00. The van der Waals surface area contributed by atoms with Crippen molar-refractivity contribution >= 4 is 11.0 Å². The molecule has 3 rings (SSSR count). The predicted octanol–water partition coefficient (Wildman–Crippen LogP) is 3.00. The van der Waals surface area contributed by atoms with Crippen LogP contribution in [0, 0.1) is 0 Å². The number of hydrogen-bond acceptors (Lipinski definition) is 4. The molecule has 0 fully saturated rings. The molecule has 0 unspecified atom stereocenters. The van der Waals surface area contributed by atoms with Crippen molar-refractivity contribution in [3.05, 3.63) is 48.0 Å². The molecule has 0 aliphatic carbocycles. The SMILES string of the molecule is OCc1cc(O)cc2cc(-c3ccc(O)cc3)oc12. The van der Waals surface area contributed by atoms with Crippen molar-refractivity contribution in [3.8, 4) is 22.8 Å². The molecule has 0 spiro atoms. The van der Waals surface area contributed by atoms with E-state index in [-0.39, 0.29) is 18.1 Å². The highest BCUT2D eigenvalue weighted by atomic mass is 16.3. The van der Waals surface area contributed by atoms with Crippen molar-refractivity contribution in [2.45, 2.75) is 6.61 Å². The van der Waals surface area contributed by atoms with Gasteiger partial charge in [0.05, 0.1) is 6.61 Å². The van der Waals surface area contributed by atoms with Crippen molar-refractivity contribution in [2.75, 3.05) is 0 Å². The monoisotopic (exact) mass is 256 g/mol. The van der Waals surface area contributed by atoms with Crippen LogP contribution in [0.15, 0.2) is 46.9 Å². The Labute approximate surface area is 109 Å². The molecule has 2 aromatic carbocycles. The zero-order valence-electron chi connectivity index (χ0n) is 10.00. The van der Waals surface area contributed by atoms with Crippen LogP contribution in [0.5, 0.6) is 11.5 Å². The van der Waals surface area contributed by atoms with Crippen LogP contribution in [0.1, 0.15) is 5.56 Å². The summed E-state index contributed by atoms with van der Waals surface area (Å²) in [6, 6.07) is 11.5. The molecule has 96 valence electrons. The minimum absolute atomic E-state index is 0.0922. The number of aliphatic hydroxyl groups excluding tert-OH is 1. The molecule has 0 amide bonds. The van der Waals surface area contributed by atoms with Gasteiger partial charge in [-0.3, -0.25) is 0 Å². The molecular weight excluding hydrogens is 244 g/mol. The topological polar surface area (TPSA) is 73.8 Å². The highest BCUT2D eigenvalue weighted by molar-refractivity contribution is 5.86. The maximum absolute atomic E-state index is 9.57. The number of phenolic OH excluding ortho intramolecular Hbond substituents is 2. The van der Waals surface area contributed by atoms with Crippen LogP contribution in [-0.2, 0) is 6.61 Å². The zero-order valence-corrected chi connectivity index (χ0v) is 10.00. The van der Waals surface area contributed by atoms with Gasteiger partial charge in [-0.05, 0) is 42.5 Å². The Morgan fingerprint density at radius 1 is 0.895 bits per heavy atom. The number of benzene rings is 2. The molecule has 1 heterocycles. The quantitative estimate of drug-likeness (QED) is 0.659. The molecule has 0 aliphatic rings. The highest BCUT2D eigenvalue weighted by Crippen LogP contribution is 2.33. The minimum Gasteiger partial charge on any atom is -0.508 e. The van der Waals surface area contributed by atoms with E-state index >= 15 is 0 Å². The van der Waals surface area contributed by atoms with E-state index in [1.165, 1.54) is 6.07 Å². The van der Waals surface area contributed by atoms with Crippen LogP contribution in [-0.4, -0.2) is 15.3 Å². The van der Waals surface area contributed by atoms with Gasteiger partial charge in [0, 0.05) is 16.5 Å². The Kier molecular flexibility index (Phi) is 2.65. The highest BCUT2D eigenvalue weighted by Gasteiger charge is 2.11. The van der Waals surface area contributed by atoms with Crippen molar-refractivity contribution < 1.29 is 19.7 Å². The van der Waals surface area contributed by atoms with Gasteiger partial charge in [0.25, 0.3) is 0 Å². The number of rotatable bonds is 2. The van der Waals surface area contributed by atoms with E-state index in [0.29, 0.717) is 16.9 Å². The zero-order chi connectivity index (χ0) is 13.4. The summed E-state index contributed by atoms with van der Waals surface area (Å²) >= 11 is 0. The second-order valence-corrected chi connectivity index (χ2v) is 4.34. The first-order valence-electron chi connectivity index (χ1n) is 5.83. The van der Waals surface area contributed by atoms with Crippen LogP contribution in [0.4, 0.5) is 0 Å². The van der Waals surface area contributed by atoms with Gasteiger partial charge in [-0.25, -0.2) is 0 Å². The Balaban J connectivity index is 2.18. The number of hydrogen-bond donors (Lipinski definition) is 3. The Hall–Kier alpha value is -2.46. The average molecular weight is 256 g/mol. The first-order chi connectivity index (χ1) is 9.17. The second-order valence-electron chi connectivity index (χ2n) is 4.34. The fraction of sp³-hybridized carbons (Fsp3) is 0.0667. The number of aliphatic hydroxyl groups is 1. The molecule has 4 nitrogen and oxygen atoms in total. The van der Waals surface area contributed by atoms with Crippen LogP contribution in [0.2, 0.25) is 0 Å². The van der Waals surface area contributed by atoms with Gasteiger partial charge in [-0.2, -0.15) is 0 Å². The summed E-state index contributed by atoms with van der Waals surface area (Å²) in [5, 5.41) is 28.8. The lowest BCUT2D eigenvalue weighted by Gasteiger charge is -1.99. The molecule has 19 heavy (non-hydrogen) atoms. The summed E-state index contributed by atoms with van der Waals surface area (Å²) in [7, 11) is 0. The first kappa shape index (κ1) is 11.6. The summed E-state index contributed by atoms with van der Waals surface area (Å²) in [5.74, 6) is 0.901. The van der Waals surface area contributed by atoms with Crippen LogP contribution >= 0.6 is 0 Å². The van der Waals surface area contributed by atoms with Crippen LogP contribution < -0.4 is 0 Å². The molecule has 1 aromatic heterocycles. The van der Waals surface area contributed by atoms with E-state index in [9.17, 15) is 15.3 Å². The van der Waals surface area contributed by atoms with Gasteiger partial charge in [0.1, 0.15) is 22.8 Å². The van der Waals surface area contributed by atoms with Gasteiger partial charge in [0.2, 0.25) is 0 Å². The third-order valence-corrected chi connectivity index (χ3v) is 3.00. The lowest BCUT2D eigenvalue weighted by atomic mass is 10.1. The summed E-state index contributed by atoms with van der Waals surface area (Å²) in [6.45, 7) is -0.201. The van der Waals surface area contributed by atoms with Gasteiger partial charge >= 0.3 is 0 Å². The van der Waals surface area contributed by atoms with E-state index < -0.39 is 0 Å². The lowest BCUT2D eigenvalue weighted by molar-refractivity contribution is 0.281.